The minimum Gasteiger partial charge on any atom is -0.395 e. The fourth-order valence-corrected chi connectivity index (χ4v) is 3.20. The zero-order valence-corrected chi connectivity index (χ0v) is 11.6. The lowest BCUT2D eigenvalue weighted by molar-refractivity contribution is 0.184. The van der Waals surface area contributed by atoms with Crippen molar-refractivity contribution in [2.24, 2.45) is 0 Å². The van der Waals surface area contributed by atoms with Crippen LogP contribution in [0.4, 0.5) is 0 Å². The Morgan fingerprint density at radius 2 is 2.05 bits per heavy atom. The molecule has 1 aromatic heterocycles. The molecule has 1 N–H and O–H groups in total. The summed E-state index contributed by atoms with van der Waals surface area (Å²) < 4.78 is 0. The molecule has 1 aromatic carbocycles. The summed E-state index contributed by atoms with van der Waals surface area (Å²) in [5.74, 6) is 0. The molecule has 0 spiro atoms. The van der Waals surface area contributed by atoms with Crippen LogP contribution in [0.15, 0.2) is 36.5 Å². The van der Waals surface area contributed by atoms with Crippen LogP contribution in [0.5, 0.6) is 0 Å². The summed E-state index contributed by atoms with van der Waals surface area (Å²) in [6.07, 6.45) is 4.51. The van der Waals surface area contributed by atoms with Crippen LogP contribution in [-0.4, -0.2) is 34.2 Å². The van der Waals surface area contributed by atoms with Crippen LogP contribution in [-0.2, 0) is 6.54 Å². The van der Waals surface area contributed by atoms with Crippen molar-refractivity contribution in [1.82, 2.24) is 9.88 Å². The van der Waals surface area contributed by atoms with Crippen molar-refractivity contribution >= 4 is 11.3 Å². The molecule has 0 radical (unpaired) electrons. The molecule has 19 heavy (non-hydrogen) atoms. The molecule has 0 aliphatic heterocycles. The molecular formula is C15H18N2OS. The van der Waals surface area contributed by atoms with E-state index in [9.17, 15) is 0 Å². The van der Waals surface area contributed by atoms with Gasteiger partial charge in [-0.15, -0.1) is 11.3 Å². The van der Waals surface area contributed by atoms with E-state index in [1.54, 1.807) is 11.3 Å². The predicted molar refractivity (Wildman–Crippen MR) is 78.1 cm³/mol. The number of thiazole rings is 1. The minimum absolute atomic E-state index is 0.237. The molecule has 0 atom stereocenters. The maximum atomic E-state index is 9.12. The van der Waals surface area contributed by atoms with Gasteiger partial charge in [0.25, 0.3) is 0 Å². The largest absolute Gasteiger partial charge is 0.395 e. The molecule has 1 fully saturated rings. The predicted octanol–water partition coefficient (Wildman–Crippen LogP) is 2.77. The molecular weight excluding hydrogens is 256 g/mol. The number of aromatic nitrogens is 1. The van der Waals surface area contributed by atoms with E-state index in [1.165, 1.54) is 23.3 Å². The number of rotatable bonds is 6. The highest BCUT2D eigenvalue weighted by Crippen LogP contribution is 2.30. The van der Waals surface area contributed by atoms with Gasteiger partial charge in [-0.1, -0.05) is 30.3 Å². The van der Waals surface area contributed by atoms with Gasteiger partial charge < -0.3 is 5.11 Å². The van der Waals surface area contributed by atoms with Crippen LogP contribution in [0, 0.1) is 0 Å². The third kappa shape index (κ3) is 3.21. The summed E-state index contributed by atoms with van der Waals surface area (Å²) in [4.78, 5) is 8.15. The second-order valence-corrected chi connectivity index (χ2v) is 6.04. The highest BCUT2D eigenvalue weighted by Gasteiger charge is 2.28. The summed E-state index contributed by atoms with van der Waals surface area (Å²) in [5, 5.41) is 10.2. The van der Waals surface area contributed by atoms with E-state index in [0.717, 1.165) is 18.1 Å². The van der Waals surface area contributed by atoms with Gasteiger partial charge in [-0.25, -0.2) is 4.98 Å². The second-order valence-electron chi connectivity index (χ2n) is 4.92. The summed E-state index contributed by atoms with van der Waals surface area (Å²) in [5.41, 5.74) is 1.18. The topological polar surface area (TPSA) is 36.4 Å². The number of hydrogen-bond donors (Lipinski definition) is 1. The van der Waals surface area contributed by atoms with Gasteiger partial charge in [-0.05, 0) is 12.8 Å². The fourth-order valence-electron chi connectivity index (χ4n) is 2.25. The zero-order valence-electron chi connectivity index (χ0n) is 10.8. The van der Waals surface area contributed by atoms with Crippen molar-refractivity contribution in [2.45, 2.75) is 25.4 Å². The van der Waals surface area contributed by atoms with Crippen LogP contribution >= 0.6 is 11.3 Å². The number of benzene rings is 1. The Kier molecular flexibility index (Phi) is 3.92. The molecule has 0 unspecified atom stereocenters. The van der Waals surface area contributed by atoms with Gasteiger partial charge in [0.15, 0.2) is 0 Å². The maximum Gasteiger partial charge on any atom is 0.123 e. The third-order valence-corrected chi connectivity index (χ3v) is 4.41. The van der Waals surface area contributed by atoms with Gasteiger partial charge in [0.2, 0.25) is 0 Å². The monoisotopic (exact) mass is 274 g/mol. The first kappa shape index (κ1) is 12.8. The van der Waals surface area contributed by atoms with E-state index in [1.807, 2.05) is 24.4 Å². The molecule has 0 bridgehead atoms. The van der Waals surface area contributed by atoms with E-state index in [0.29, 0.717) is 6.04 Å². The van der Waals surface area contributed by atoms with Crippen molar-refractivity contribution in [3.05, 3.63) is 41.4 Å². The number of aliphatic hydroxyl groups excluding tert-OH is 1. The van der Waals surface area contributed by atoms with Gasteiger partial charge in [0.05, 0.1) is 6.61 Å². The summed E-state index contributed by atoms with van der Waals surface area (Å²) in [6, 6.07) is 11.0. The Hall–Kier alpha value is -1.23. The van der Waals surface area contributed by atoms with Gasteiger partial charge in [0.1, 0.15) is 5.01 Å². The molecule has 3 nitrogen and oxygen atoms in total. The van der Waals surface area contributed by atoms with Crippen LogP contribution < -0.4 is 0 Å². The molecule has 0 amide bonds. The average molecular weight is 274 g/mol. The fraction of sp³-hybridized carbons (Fsp3) is 0.400. The SMILES string of the molecule is OCCN(Cc1cnc(-c2ccccc2)s1)C1CC1. The molecule has 3 rings (SSSR count). The van der Waals surface area contributed by atoms with E-state index >= 15 is 0 Å². The molecule has 2 aromatic rings. The van der Waals surface area contributed by atoms with Crippen LogP contribution in [0.3, 0.4) is 0 Å². The lowest BCUT2D eigenvalue weighted by Gasteiger charge is -2.19. The molecule has 1 heterocycles. The Morgan fingerprint density at radius 1 is 1.26 bits per heavy atom. The molecule has 4 heteroatoms. The van der Waals surface area contributed by atoms with Gasteiger partial charge in [0, 0.05) is 35.8 Å². The Labute approximate surface area is 117 Å². The first-order chi connectivity index (χ1) is 9.36. The van der Waals surface area contributed by atoms with Crippen LogP contribution in [0.25, 0.3) is 10.6 Å². The summed E-state index contributed by atoms with van der Waals surface area (Å²) in [6.45, 7) is 1.92. The quantitative estimate of drug-likeness (QED) is 0.880. The molecule has 1 aliphatic carbocycles. The first-order valence-corrected chi connectivity index (χ1v) is 7.53. The van der Waals surface area contributed by atoms with Gasteiger partial charge in [-0.3, -0.25) is 4.90 Å². The van der Waals surface area contributed by atoms with E-state index in [-0.39, 0.29) is 6.61 Å². The smallest absolute Gasteiger partial charge is 0.123 e. The standard InChI is InChI=1S/C15H18N2OS/c18-9-8-17(13-6-7-13)11-14-10-16-15(19-14)12-4-2-1-3-5-12/h1-5,10,13,18H,6-9,11H2. The number of nitrogens with zero attached hydrogens (tertiary/aromatic N) is 2. The van der Waals surface area contributed by atoms with Crippen molar-refractivity contribution in [3.8, 4) is 10.6 Å². The van der Waals surface area contributed by atoms with Gasteiger partial charge >= 0.3 is 0 Å². The third-order valence-electron chi connectivity index (χ3n) is 3.38. The molecule has 100 valence electrons. The van der Waals surface area contributed by atoms with E-state index in [2.05, 4.69) is 22.0 Å². The van der Waals surface area contributed by atoms with Crippen molar-refractivity contribution < 1.29 is 5.11 Å². The molecule has 1 saturated carbocycles. The summed E-state index contributed by atoms with van der Waals surface area (Å²) >= 11 is 1.75. The number of hydrogen-bond acceptors (Lipinski definition) is 4. The van der Waals surface area contributed by atoms with E-state index in [4.69, 9.17) is 5.11 Å². The molecule has 0 saturated heterocycles. The Bertz CT molecular complexity index is 522. The first-order valence-electron chi connectivity index (χ1n) is 6.72. The Morgan fingerprint density at radius 3 is 2.74 bits per heavy atom. The van der Waals surface area contributed by atoms with Crippen LogP contribution in [0.1, 0.15) is 17.7 Å². The van der Waals surface area contributed by atoms with Crippen LogP contribution in [0.2, 0.25) is 0 Å². The lowest BCUT2D eigenvalue weighted by atomic mass is 10.2. The summed E-state index contributed by atoms with van der Waals surface area (Å²) in [7, 11) is 0. The normalized spacial score (nSPS) is 15.1. The number of aliphatic hydroxyl groups is 1. The van der Waals surface area contributed by atoms with Crippen molar-refractivity contribution in [3.63, 3.8) is 0 Å². The van der Waals surface area contributed by atoms with Crippen molar-refractivity contribution in [1.29, 1.82) is 0 Å². The van der Waals surface area contributed by atoms with Gasteiger partial charge in [-0.2, -0.15) is 0 Å². The van der Waals surface area contributed by atoms with Crippen molar-refractivity contribution in [2.75, 3.05) is 13.2 Å². The highest BCUT2D eigenvalue weighted by molar-refractivity contribution is 7.15. The minimum atomic E-state index is 0.237. The second kappa shape index (κ2) is 5.82. The van der Waals surface area contributed by atoms with E-state index < -0.39 is 0 Å². The maximum absolute atomic E-state index is 9.12. The average Bonchev–Trinajstić information content (AvgIpc) is 3.19. The Balaban J connectivity index is 1.70. The highest BCUT2D eigenvalue weighted by atomic mass is 32.1. The zero-order chi connectivity index (χ0) is 13.1. The molecule has 1 aliphatic rings. The lowest BCUT2D eigenvalue weighted by Crippen LogP contribution is -2.28.